The molecule has 0 saturated heterocycles. The molecule has 126 valence electrons. The average molecular weight is 326 g/mol. The lowest BCUT2D eigenvalue weighted by atomic mass is 10.2. The predicted molar refractivity (Wildman–Crippen MR) is 92.0 cm³/mol. The highest BCUT2D eigenvalue weighted by Crippen LogP contribution is 2.17. The molecule has 0 saturated carbocycles. The second-order valence-corrected chi connectivity index (χ2v) is 6.79. The molecule has 0 unspecified atom stereocenters. The molecule has 0 bridgehead atoms. The number of carbonyl (C=O) groups excluding carboxylic acids is 1. The number of hydrogen-bond donors (Lipinski definition) is 0. The number of hydrogen-bond acceptors (Lipinski definition) is 4. The molecule has 0 spiro atoms. The summed E-state index contributed by atoms with van der Waals surface area (Å²) in [4.78, 5) is 22.5. The van der Waals surface area contributed by atoms with E-state index < -0.39 is 5.60 Å². The van der Waals surface area contributed by atoms with Crippen molar-refractivity contribution in [2.75, 3.05) is 6.54 Å². The molecule has 1 aliphatic heterocycles. The number of carbonyl (C=O) groups is 1. The van der Waals surface area contributed by atoms with Crippen LogP contribution in [0.15, 0.2) is 30.7 Å². The van der Waals surface area contributed by atoms with Crippen LogP contribution in [-0.2, 0) is 17.8 Å². The summed E-state index contributed by atoms with van der Waals surface area (Å²) in [6, 6.07) is 3.88. The Kier molecular flexibility index (Phi) is 4.38. The van der Waals surface area contributed by atoms with Crippen LogP contribution >= 0.6 is 0 Å². The number of rotatable bonds is 2. The number of aromatic nitrogens is 3. The Morgan fingerprint density at radius 3 is 2.67 bits per heavy atom. The van der Waals surface area contributed by atoms with Crippen molar-refractivity contribution in [1.29, 1.82) is 0 Å². The largest absolute Gasteiger partial charge is 0.444 e. The monoisotopic (exact) mass is 326 g/mol. The molecule has 2 aromatic rings. The Morgan fingerprint density at radius 2 is 1.96 bits per heavy atom. The lowest BCUT2D eigenvalue weighted by molar-refractivity contribution is 0.0195. The van der Waals surface area contributed by atoms with Crippen LogP contribution in [0.3, 0.4) is 0 Å². The Labute approximate surface area is 141 Å². The van der Waals surface area contributed by atoms with Gasteiger partial charge in [-0.2, -0.15) is 0 Å². The van der Waals surface area contributed by atoms with Crippen molar-refractivity contribution in [2.24, 2.45) is 0 Å². The van der Waals surface area contributed by atoms with Gasteiger partial charge in [0.25, 0.3) is 0 Å². The zero-order valence-corrected chi connectivity index (χ0v) is 14.3. The molecule has 0 fully saturated rings. The predicted octanol–water partition coefficient (Wildman–Crippen LogP) is 3.20. The van der Waals surface area contributed by atoms with E-state index in [1.165, 1.54) is 0 Å². The average Bonchev–Trinajstić information content (AvgIpc) is 2.94. The van der Waals surface area contributed by atoms with Crippen molar-refractivity contribution in [1.82, 2.24) is 19.4 Å². The number of imidazole rings is 1. The van der Waals surface area contributed by atoms with Gasteiger partial charge in [0.1, 0.15) is 11.4 Å². The first-order valence-corrected chi connectivity index (χ1v) is 8.03. The topological polar surface area (TPSA) is 60.2 Å². The second-order valence-electron chi connectivity index (χ2n) is 6.79. The van der Waals surface area contributed by atoms with Crippen LogP contribution in [-0.4, -0.2) is 37.7 Å². The molecule has 1 amide bonds. The fourth-order valence-electron chi connectivity index (χ4n) is 2.49. The normalized spacial score (nSPS) is 14.7. The minimum atomic E-state index is -0.484. The summed E-state index contributed by atoms with van der Waals surface area (Å²) in [6.07, 6.45) is 9.22. The maximum Gasteiger partial charge on any atom is 0.410 e. The molecule has 3 rings (SSSR count). The van der Waals surface area contributed by atoms with Gasteiger partial charge in [-0.25, -0.2) is 9.78 Å². The van der Waals surface area contributed by atoms with Gasteiger partial charge in [0.15, 0.2) is 0 Å². The Morgan fingerprint density at radius 1 is 1.21 bits per heavy atom. The quantitative estimate of drug-likeness (QED) is 0.850. The highest BCUT2D eigenvalue weighted by molar-refractivity contribution is 5.69. The molecule has 0 aliphatic carbocycles. The van der Waals surface area contributed by atoms with Gasteiger partial charge in [0, 0.05) is 31.7 Å². The second kappa shape index (κ2) is 6.47. The lowest BCUT2D eigenvalue weighted by Gasteiger charge is -2.30. The molecule has 2 aromatic heterocycles. The molecule has 24 heavy (non-hydrogen) atoms. The Bertz CT molecular complexity index is 744. The summed E-state index contributed by atoms with van der Waals surface area (Å²) >= 11 is 0. The van der Waals surface area contributed by atoms with Crippen molar-refractivity contribution in [3.05, 3.63) is 47.8 Å². The zero-order valence-electron chi connectivity index (χ0n) is 14.3. The van der Waals surface area contributed by atoms with E-state index in [9.17, 15) is 4.79 Å². The minimum absolute atomic E-state index is 0.286. The number of pyridine rings is 1. The van der Waals surface area contributed by atoms with Gasteiger partial charge in [0.2, 0.25) is 0 Å². The maximum atomic E-state index is 12.2. The number of ether oxygens (including phenoxy) is 1. The van der Waals surface area contributed by atoms with E-state index in [0.29, 0.717) is 13.1 Å². The SMILES string of the molecule is CC(C)(C)OC(=O)N1CCn2cc(C=Cc3ccncc3)nc2C1. The summed E-state index contributed by atoms with van der Waals surface area (Å²) in [6.45, 7) is 7.45. The first-order valence-electron chi connectivity index (χ1n) is 8.03. The Balaban J connectivity index is 1.69. The summed E-state index contributed by atoms with van der Waals surface area (Å²) < 4.78 is 7.52. The fraction of sp³-hybridized carbons (Fsp3) is 0.389. The highest BCUT2D eigenvalue weighted by atomic mass is 16.6. The van der Waals surface area contributed by atoms with Gasteiger partial charge in [-0.3, -0.25) is 9.88 Å². The number of nitrogens with zero attached hydrogens (tertiary/aromatic N) is 4. The third-order valence-electron chi connectivity index (χ3n) is 3.63. The van der Waals surface area contributed by atoms with Crippen LogP contribution in [0, 0.1) is 0 Å². The third-order valence-corrected chi connectivity index (χ3v) is 3.63. The van der Waals surface area contributed by atoms with E-state index in [-0.39, 0.29) is 6.09 Å². The van der Waals surface area contributed by atoms with E-state index in [4.69, 9.17) is 4.74 Å². The number of fused-ring (bicyclic) bond motifs is 1. The summed E-state index contributed by atoms with van der Waals surface area (Å²) in [7, 11) is 0. The van der Waals surface area contributed by atoms with Crippen molar-refractivity contribution in [3.63, 3.8) is 0 Å². The summed E-state index contributed by atoms with van der Waals surface area (Å²) in [5.74, 6) is 0.876. The van der Waals surface area contributed by atoms with Gasteiger partial charge < -0.3 is 9.30 Å². The van der Waals surface area contributed by atoms with Crippen molar-refractivity contribution in [3.8, 4) is 0 Å². The van der Waals surface area contributed by atoms with Gasteiger partial charge in [0.05, 0.1) is 12.2 Å². The molecular weight excluding hydrogens is 304 g/mol. The molecule has 0 aromatic carbocycles. The van der Waals surface area contributed by atoms with Crippen LogP contribution in [0.25, 0.3) is 12.2 Å². The van der Waals surface area contributed by atoms with Gasteiger partial charge in [-0.05, 0) is 44.5 Å². The summed E-state index contributed by atoms with van der Waals surface area (Å²) in [5, 5.41) is 0. The first-order chi connectivity index (χ1) is 11.4. The summed E-state index contributed by atoms with van der Waals surface area (Å²) in [5.41, 5.74) is 1.47. The molecule has 0 N–H and O–H groups in total. The van der Waals surface area contributed by atoms with Crippen molar-refractivity contribution in [2.45, 2.75) is 39.5 Å². The van der Waals surface area contributed by atoms with Gasteiger partial charge >= 0.3 is 6.09 Å². The van der Waals surface area contributed by atoms with E-state index in [0.717, 1.165) is 23.6 Å². The van der Waals surface area contributed by atoms with Crippen LogP contribution in [0.5, 0.6) is 0 Å². The smallest absolute Gasteiger partial charge is 0.410 e. The van der Waals surface area contributed by atoms with Gasteiger partial charge in [-0.1, -0.05) is 6.08 Å². The lowest BCUT2D eigenvalue weighted by Crippen LogP contribution is -2.41. The van der Waals surface area contributed by atoms with Crippen LogP contribution in [0.2, 0.25) is 0 Å². The van der Waals surface area contributed by atoms with E-state index in [1.807, 2.05) is 51.3 Å². The van der Waals surface area contributed by atoms with Crippen LogP contribution < -0.4 is 0 Å². The minimum Gasteiger partial charge on any atom is -0.444 e. The third kappa shape index (κ3) is 4.01. The van der Waals surface area contributed by atoms with Gasteiger partial charge in [-0.15, -0.1) is 0 Å². The molecular formula is C18H22N4O2. The molecule has 3 heterocycles. The van der Waals surface area contributed by atoms with Crippen molar-refractivity contribution < 1.29 is 9.53 Å². The van der Waals surface area contributed by atoms with E-state index in [1.54, 1.807) is 17.3 Å². The van der Waals surface area contributed by atoms with Crippen LogP contribution in [0.1, 0.15) is 37.9 Å². The zero-order chi connectivity index (χ0) is 17.2. The highest BCUT2D eigenvalue weighted by Gasteiger charge is 2.26. The van der Waals surface area contributed by atoms with E-state index >= 15 is 0 Å². The molecule has 0 atom stereocenters. The standard InChI is InChI=1S/C18H22N4O2/c1-18(2,3)24-17(23)22-11-10-21-12-15(20-16(21)13-22)5-4-14-6-8-19-9-7-14/h4-9,12H,10-11,13H2,1-3H3. The van der Waals surface area contributed by atoms with Crippen LogP contribution in [0.4, 0.5) is 4.79 Å². The van der Waals surface area contributed by atoms with E-state index in [2.05, 4.69) is 14.5 Å². The van der Waals surface area contributed by atoms with Crippen molar-refractivity contribution >= 4 is 18.2 Å². The fourth-order valence-corrected chi connectivity index (χ4v) is 2.49. The molecule has 6 heteroatoms. The Hall–Kier alpha value is -2.63. The number of amides is 1. The molecule has 0 radical (unpaired) electrons. The molecule has 6 nitrogen and oxygen atoms in total. The first kappa shape index (κ1) is 16.2. The molecule has 1 aliphatic rings. The maximum absolute atomic E-state index is 12.2.